The maximum Gasteiger partial charge on any atom is 0.387 e. The molecule has 0 saturated heterocycles. The molecule has 1 aromatic rings. The van der Waals surface area contributed by atoms with E-state index in [1.165, 1.54) is 6.07 Å². The van der Waals surface area contributed by atoms with Crippen LogP contribution in [0, 0.1) is 5.92 Å². The molecule has 21 heavy (non-hydrogen) atoms. The fourth-order valence-corrected chi connectivity index (χ4v) is 2.04. The highest BCUT2D eigenvalue weighted by atomic mass is 35.5. The monoisotopic (exact) mass is 317 g/mol. The smallest absolute Gasteiger partial charge is 0.387 e. The molecule has 0 spiro atoms. The number of nitrogens with one attached hydrogen (secondary N) is 1. The van der Waals surface area contributed by atoms with E-state index in [0.717, 1.165) is 25.1 Å². The molecule has 118 valence electrons. The van der Waals surface area contributed by atoms with Gasteiger partial charge in [-0.2, -0.15) is 8.78 Å². The van der Waals surface area contributed by atoms with Crippen molar-refractivity contribution < 1.29 is 13.5 Å². The third kappa shape index (κ3) is 6.91. The molecule has 0 heterocycles. The molecular weight excluding hydrogens is 296 g/mol. The zero-order valence-corrected chi connectivity index (χ0v) is 13.4. The molecule has 1 rings (SSSR count). The van der Waals surface area contributed by atoms with Gasteiger partial charge in [0.15, 0.2) is 0 Å². The first kappa shape index (κ1) is 17.9. The molecule has 0 aliphatic rings. The lowest BCUT2D eigenvalue weighted by atomic mass is 10.1. The van der Waals surface area contributed by atoms with E-state index in [0.29, 0.717) is 16.5 Å². The number of halogens is 3. The number of benzene rings is 1. The quantitative estimate of drug-likeness (QED) is 0.730. The molecule has 0 aliphatic heterocycles. The van der Waals surface area contributed by atoms with Crippen LogP contribution in [0.5, 0.6) is 5.75 Å². The Bertz CT molecular complexity index is 475. The summed E-state index contributed by atoms with van der Waals surface area (Å²) < 4.78 is 29.4. The van der Waals surface area contributed by atoms with E-state index >= 15 is 0 Å². The summed E-state index contributed by atoms with van der Waals surface area (Å²) in [5.74, 6) is 0.705. The Morgan fingerprint density at radius 3 is 2.67 bits per heavy atom. The largest absolute Gasteiger partial charge is 0.434 e. The Morgan fingerprint density at radius 2 is 2.10 bits per heavy atom. The van der Waals surface area contributed by atoms with Gasteiger partial charge in [-0.05, 0) is 37.1 Å². The van der Waals surface area contributed by atoms with Crippen molar-refractivity contribution in [3.8, 4) is 5.75 Å². The topological polar surface area (TPSA) is 21.3 Å². The summed E-state index contributed by atoms with van der Waals surface area (Å²) in [5.41, 5.74) is 1.68. The lowest BCUT2D eigenvalue weighted by Crippen LogP contribution is -2.21. The van der Waals surface area contributed by atoms with Crippen molar-refractivity contribution in [2.24, 2.45) is 5.92 Å². The molecule has 0 radical (unpaired) electrons. The summed E-state index contributed by atoms with van der Waals surface area (Å²) in [6.07, 6.45) is 2.68. The van der Waals surface area contributed by atoms with Crippen molar-refractivity contribution in [3.63, 3.8) is 0 Å². The number of hydrogen-bond acceptors (Lipinski definition) is 2. The molecule has 0 unspecified atom stereocenters. The van der Waals surface area contributed by atoms with Gasteiger partial charge >= 0.3 is 6.61 Å². The molecule has 0 bridgehead atoms. The summed E-state index contributed by atoms with van der Waals surface area (Å²) in [6, 6.07) is 4.64. The standard InChI is InChI=1S/C16H22ClF2NO/c1-4-12(10-20-9-11(2)3)7-13-8-14(17)5-6-15(13)21-16(18)19/h5-8,11,16,20H,4,9-10H2,1-3H3. The predicted molar refractivity (Wildman–Crippen MR) is 84.1 cm³/mol. The minimum absolute atomic E-state index is 0.143. The minimum Gasteiger partial charge on any atom is -0.434 e. The highest BCUT2D eigenvalue weighted by Crippen LogP contribution is 2.27. The van der Waals surface area contributed by atoms with Gasteiger partial charge in [0.1, 0.15) is 5.75 Å². The molecule has 0 amide bonds. The molecule has 5 heteroatoms. The second-order valence-corrected chi connectivity index (χ2v) is 5.68. The summed E-state index contributed by atoms with van der Waals surface area (Å²) >= 11 is 5.94. The molecular formula is C16H22ClF2NO. The Kier molecular flexibility index (Phi) is 7.68. The summed E-state index contributed by atoms with van der Waals surface area (Å²) in [6.45, 7) is 5.08. The van der Waals surface area contributed by atoms with Crippen molar-refractivity contribution in [2.45, 2.75) is 33.8 Å². The Balaban J connectivity index is 2.89. The second-order valence-electron chi connectivity index (χ2n) is 5.24. The maximum absolute atomic E-state index is 12.4. The van der Waals surface area contributed by atoms with Gasteiger partial charge in [-0.15, -0.1) is 0 Å². The fourth-order valence-electron chi connectivity index (χ4n) is 1.85. The van der Waals surface area contributed by atoms with E-state index in [4.69, 9.17) is 11.6 Å². The van der Waals surface area contributed by atoms with Gasteiger partial charge in [-0.25, -0.2) is 0 Å². The lowest BCUT2D eigenvalue weighted by molar-refractivity contribution is -0.0499. The minimum atomic E-state index is -2.84. The van der Waals surface area contributed by atoms with Gasteiger partial charge in [0.25, 0.3) is 0 Å². The lowest BCUT2D eigenvalue weighted by Gasteiger charge is -2.12. The van der Waals surface area contributed by atoms with Crippen molar-refractivity contribution in [1.82, 2.24) is 5.32 Å². The van der Waals surface area contributed by atoms with E-state index in [2.05, 4.69) is 23.9 Å². The van der Waals surface area contributed by atoms with Crippen LogP contribution in [0.4, 0.5) is 8.78 Å². The van der Waals surface area contributed by atoms with Gasteiger partial charge in [0, 0.05) is 17.1 Å². The molecule has 0 atom stereocenters. The third-order valence-corrected chi connectivity index (χ3v) is 3.14. The highest BCUT2D eigenvalue weighted by molar-refractivity contribution is 6.30. The van der Waals surface area contributed by atoms with Crippen molar-refractivity contribution in [1.29, 1.82) is 0 Å². The van der Waals surface area contributed by atoms with E-state index in [1.807, 2.05) is 13.0 Å². The van der Waals surface area contributed by atoms with Gasteiger partial charge < -0.3 is 10.1 Å². The molecule has 1 aromatic carbocycles. The SMILES string of the molecule is CCC(=Cc1cc(Cl)ccc1OC(F)F)CNCC(C)C. The first-order valence-corrected chi connectivity index (χ1v) is 7.44. The zero-order valence-electron chi connectivity index (χ0n) is 12.6. The molecule has 0 aliphatic carbocycles. The Labute approximate surface area is 130 Å². The van der Waals surface area contributed by atoms with Gasteiger partial charge in [0.2, 0.25) is 0 Å². The van der Waals surface area contributed by atoms with E-state index < -0.39 is 6.61 Å². The molecule has 1 N–H and O–H groups in total. The van der Waals surface area contributed by atoms with Crippen LogP contribution in [0.2, 0.25) is 5.02 Å². The van der Waals surface area contributed by atoms with E-state index in [9.17, 15) is 8.78 Å². The Morgan fingerprint density at radius 1 is 1.38 bits per heavy atom. The number of rotatable bonds is 8. The number of hydrogen-bond donors (Lipinski definition) is 1. The van der Waals surface area contributed by atoms with Crippen LogP contribution >= 0.6 is 11.6 Å². The van der Waals surface area contributed by atoms with Crippen LogP contribution in [0.3, 0.4) is 0 Å². The van der Waals surface area contributed by atoms with E-state index in [1.54, 1.807) is 12.1 Å². The van der Waals surface area contributed by atoms with Gasteiger partial charge in [-0.1, -0.05) is 44.0 Å². The molecule has 2 nitrogen and oxygen atoms in total. The Hall–Kier alpha value is -1.13. The van der Waals surface area contributed by atoms with Gasteiger partial charge in [-0.3, -0.25) is 0 Å². The fraction of sp³-hybridized carbons (Fsp3) is 0.500. The first-order chi connectivity index (χ1) is 9.92. The van der Waals surface area contributed by atoms with Crippen LogP contribution < -0.4 is 10.1 Å². The van der Waals surface area contributed by atoms with E-state index in [-0.39, 0.29) is 5.75 Å². The normalized spacial score (nSPS) is 12.3. The first-order valence-electron chi connectivity index (χ1n) is 7.06. The predicted octanol–water partition coefficient (Wildman–Crippen LogP) is 4.98. The van der Waals surface area contributed by atoms with Crippen LogP contribution in [0.15, 0.2) is 23.8 Å². The third-order valence-electron chi connectivity index (χ3n) is 2.91. The maximum atomic E-state index is 12.4. The van der Waals surface area contributed by atoms with Crippen LogP contribution in [0.1, 0.15) is 32.8 Å². The van der Waals surface area contributed by atoms with Crippen molar-refractivity contribution >= 4 is 17.7 Å². The summed E-state index contributed by atoms with van der Waals surface area (Å²) in [4.78, 5) is 0. The summed E-state index contributed by atoms with van der Waals surface area (Å²) in [7, 11) is 0. The number of ether oxygens (including phenoxy) is 1. The van der Waals surface area contributed by atoms with Gasteiger partial charge in [0.05, 0.1) is 0 Å². The van der Waals surface area contributed by atoms with Crippen LogP contribution in [-0.4, -0.2) is 19.7 Å². The van der Waals surface area contributed by atoms with Crippen molar-refractivity contribution in [2.75, 3.05) is 13.1 Å². The second kappa shape index (κ2) is 9.00. The molecule has 0 saturated carbocycles. The van der Waals surface area contributed by atoms with Crippen molar-refractivity contribution in [3.05, 3.63) is 34.4 Å². The highest BCUT2D eigenvalue weighted by Gasteiger charge is 2.09. The number of alkyl halides is 2. The average molecular weight is 318 g/mol. The van der Waals surface area contributed by atoms with Crippen LogP contribution in [0.25, 0.3) is 6.08 Å². The summed E-state index contributed by atoms with van der Waals surface area (Å²) in [5, 5.41) is 3.83. The average Bonchev–Trinajstić information content (AvgIpc) is 2.39. The molecule has 0 fully saturated rings. The molecule has 0 aromatic heterocycles. The zero-order chi connectivity index (χ0) is 15.8. The van der Waals surface area contributed by atoms with Crippen LogP contribution in [-0.2, 0) is 0 Å².